The molecule has 0 unspecified atom stereocenters. The number of amides is 1. The highest BCUT2D eigenvalue weighted by molar-refractivity contribution is 5.79. The molecule has 138 valence electrons. The fraction of sp³-hybridized carbons (Fsp3) is 0.667. The number of hydrogen-bond donors (Lipinski definition) is 1. The minimum Gasteiger partial charge on any atom is -0.371 e. The Labute approximate surface area is 152 Å². The summed E-state index contributed by atoms with van der Waals surface area (Å²) < 4.78 is 0. The van der Waals surface area contributed by atoms with E-state index >= 15 is 0 Å². The summed E-state index contributed by atoms with van der Waals surface area (Å²) in [5.74, 6) is 1.17. The van der Waals surface area contributed by atoms with Gasteiger partial charge in [-0.25, -0.2) is 0 Å². The molecule has 2 heterocycles. The Morgan fingerprint density at radius 3 is 2.44 bits per heavy atom. The lowest BCUT2D eigenvalue weighted by Gasteiger charge is -2.33. The highest BCUT2D eigenvalue weighted by Gasteiger charge is 2.24. The Balaban J connectivity index is 1.55. The van der Waals surface area contributed by atoms with E-state index in [0.717, 1.165) is 44.9 Å². The smallest absolute Gasteiger partial charge is 0.223 e. The monoisotopic (exact) mass is 343 g/mol. The molecule has 4 heteroatoms. The number of rotatable bonds is 4. The van der Waals surface area contributed by atoms with E-state index < -0.39 is 0 Å². The molecule has 25 heavy (non-hydrogen) atoms. The molecule has 2 atom stereocenters. The largest absolute Gasteiger partial charge is 0.371 e. The van der Waals surface area contributed by atoms with Crippen LogP contribution in [0.15, 0.2) is 24.3 Å². The van der Waals surface area contributed by atoms with Crippen LogP contribution < -0.4 is 10.2 Å². The van der Waals surface area contributed by atoms with Crippen molar-refractivity contribution in [2.24, 2.45) is 11.8 Å². The first-order valence-electron chi connectivity index (χ1n) is 9.86. The van der Waals surface area contributed by atoms with Gasteiger partial charge in [0, 0.05) is 24.7 Å². The molecule has 0 spiro atoms. The normalized spacial score (nSPS) is 24.1. The number of carbonyl (C=O) groups is 1. The Morgan fingerprint density at radius 2 is 1.80 bits per heavy atom. The summed E-state index contributed by atoms with van der Waals surface area (Å²) in [6.45, 7) is 8.78. The standard InChI is InChI=1S/C21H33N3O/c1-16-5-4-12-24(15-16)20-8-6-18(7-9-20)17(2)22-21(25)19-10-13-23(3)14-11-19/h6-9,16-17,19H,4-5,10-15H2,1-3H3,(H,22,25)/t16-,17-/m1/s1. The lowest BCUT2D eigenvalue weighted by atomic mass is 9.95. The molecule has 0 saturated carbocycles. The van der Waals surface area contributed by atoms with Crippen LogP contribution >= 0.6 is 0 Å². The molecular formula is C21H33N3O. The third-order valence-corrected chi connectivity index (χ3v) is 5.86. The zero-order chi connectivity index (χ0) is 17.8. The average molecular weight is 344 g/mol. The fourth-order valence-electron chi connectivity index (χ4n) is 4.08. The molecule has 3 rings (SSSR count). The van der Waals surface area contributed by atoms with Gasteiger partial charge in [0.2, 0.25) is 5.91 Å². The SMILES string of the molecule is C[C@@H]1CCCN(c2ccc([C@@H](C)NC(=O)C3CCN(C)CC3)cc2)C1. The fourth-order valence-corrected chi connectivity index (χ4v) is 4.08. The maximum Gasteiger partial charge on any atom is 0.223 e. The molecule has 0 radical (unpaired) electrons. The summed E-state index contributed by atoms with van der Waals surface area (Å²) in [5.41, 5.74) is 2.50. The highest BCUT2D eigenvalue weighted by Crippen LogP contribution is 2.25. The third kappa shape index (κ3) is 4.75. The van der Waals surface area contributed by atoms with Gasteiger partial charge in [0.05, 0.1) is 6.04 Å². The third-order valence-electron chi connectivity index (χ3n) is 5.86. The van der Waals surface area contributed by atoms with E-state index in [9.17, 15) is 4.79 Å². The predicted molar refractivity (Wildman–Crippen MR) is 104 cm³/mol. The summed E-state index contributed by atoms with van der Waals surface area (Å²) >= 11 is 0. The van der Waals surface area contributed by atoms with Gasteiger partial charge in [0.1, 0.15) is 0 Å². The molecule has 0 aliphatic carbocycles. The molecule has 2 aliphatic heterocycles. The van der Waals surface area contributed by atoms with E-state index in [0.29, 0.717) is 0 Å². The Bertz CT molecular complexity index is 563. The Kier molecular flexibility index (Phi) is 6.00. The van der Waals surface area contributed by atoms with Crippen LogP contribution in [0.2, 0.25) is 0 Å². The van der Waals surface area contributed by atoms with Crippen molar-refractivity contribution in [1.29, 1.82) is 0 Å². The van der Waals surface area contributed by atoms with Crippen molar-refractivity contribution >= 4 is 11.6 Å². The molecule has 0 aromatic heterocycles. The van der Waals surface area contributed by atoms with Crippen molar-refractivity contribution in [1.82, 2.24) is 10.2 Å². The van der Waals surface area contributed by atoms with Crippen LogP contribution in [0.25, 0.3) is 0 Å². The van der Waals surface area contributed by atoms with Gasteiger partial charge in [0.15, 0.2) is 0 Å². The van der Waals surface area contributed by atoms with Crippen LogP contribution in [0.5, 0.6) is 0 Å². The summed E-state index contributed by atoms with van der Waals surface area (Å²) in [5, 5.41) is 3.22. The molecule has 1 amide bonds. The summed E-state index contributed by atoms with van der Waals surface area (Å²) in [6, 6.07) is 8.85. The van der Waals surface area contributed by atoms with Gasteiger partial charge in [-0.2, -0.15) is 0 Å². The van der Waals surface area contributed by atoms with E-state index in [1.165, 1.54) is 24.1 Å². The van der Waals surface area contributed by atoms with Gasteiger partial charge in [0.25, 0.3) is 0 Å². The van der Waals surface area contributed by atoms with Crippen LogP contribution in [-0.2, 0) is 4.79 Å². The number of hydrogen-bond acceptors (Lipinski definition) is 3. The van der Waals surface area contributed by atoms with E-state index in [2.05, 4.69) is 60.3 Å². The van der Waals surface area contributed by atoms with Crippen LogP contribution in [0.1, 0.15) is 51.1 Å². The van der Waals surface area contributed by atoms with Crippen LogP contribution in [0.4, 0.5) is 5.69 Å². The Morgan fingerprint density at radius 1 is 1.12 bits per heavy atom. The van der Waals surface area contributed by atoms with Crippen molar-refractivity contribution in [3.63, 3.8) is 0 Å². The average Bonchev–Trinajstić information content (AvgIpc) is 2.62. The molecule has 1 N–H and O–H groups in total. The molecule has 0 bridgehead atoms. The number of nitrogens with one attached hydrogen (secondary N) is 1. The van der Waals surface area contributed by atoms with Crippen molar-refractivity contribution in [3.05, 3.63) is 29.8 Å². The van der Waals surface area contributed by atoms with Gasteiger partial charge >= 0.3 is 0 Å². The second-order valence-corrected chi connectivity index (χ2v) is 8.09. The summed E-state index contributed by atoms with van der Waals surface area (Å²) in [6.07, 6.45) is 4.57. The van der Waals surface area contributed by atoms with Crippen molar-refractivity contribution in [3.8, 4) is 0 Å². The van der Waals surface area contributed by atoms with Crippen molar-refractivity contribution < 1.29 is 4.79 Å². The number of nitrogens with zero attached hydrogens (tertiary/aromatic N) is 2. The minimum atomic E-state index is 0.0708. The summed E-state index contributed by atoms with van der Waals surface area (Å²) in [7, 11) is 2.13. The van der Waals surface area contributed by atoms with Crippen LogP contribution in [0.3, 0.4) is 0 Å². The zero-order valence-electron chi connectivity index (χ0n) is 16.0. The number of anilines is 1. The Hall–Kier alpha value is -1.55. The molecule has 2 aliphatic rings. The zero-order valence-corrected chi connectivity index (χ0v) is 16.0. The van der Waals surface area contributed by atoms with Gasteiger partial charge in [-0.15, -0.1) is 0 Å². The highest BCUT2D eigenvalue weighted by atomic mass is 16.1. The van der Waals surface area contributed by atoms with E-state index in [1.54, 1.807) is 0 Å². The predicted octanol–water partition coefficient (Wildman–Crippen LogP) is 3.44. The second kappa shape index (κ2) is 8.22. The molecule has 2 fully saturated rings. The topological polar surface area (TPSA) is 35.6 Å². The first-order valence-corrected chi connectivity index (χ1v) is 9.86. The van der Waals surface area contributed by atoms with Crippen molar-refractivity contribution in [2.45, 2.75) is 45.6 Å². The first kappa shape index (κ1) is 18.2. The number of piperidine rings is 2. The van der Waals surface area contributed by atoms with E-state index in [1.807, 2.05) is 0 Å². The van der Waals surface area contributed by atoms with Crippen molar-refractivity contribution in [2.75, 3.05) is 38.1 Å². The lowest BCUT2D eigenvalue weighted by Crippen LogP contribution is -2.39. The van der Waals surface area contributed by atoms with Crippen LogP contribution in [-0.4, -0.2) is 44.0 Å². The maximum absolute atomic E-state index is 12.5. The summed E-state index contributed by atoms with van der Waals surface area (Å²) in [4.78, 5) is 17.3. The van der Waals surface area contributed by atoms with Gasteiger partial charge in [-0.3, -0.25) is 4.79 Å². The molecule has 1 aromatic carbocycles. The van der Waals surface area contributed by atoms with Gasteiger partial charge in [-0.1, -0.05) is 19.1 Å². The molecule has 4 nitrogen and oxygen atoms in total. The lowest BCUT2D eigenvalue weighted by molar-refractivity contribution is -0.127. The second-order valence-electron chi connectivity index (χ2n) is 8.09. The molecule has 2 saturated heterocycles. The maximum atomic E-state index is 12.5. The number of carbonyl (C=O) groups excluding carboxylic acids is 1. The first-order chi connectivity index (χ1) is 12.0. The van der Waals surface area contributed by atoms with E-state index in [-0.39, 0.29) is 17.9 Å². The number of benzene rings is 1. The quantitative estimate of drug-likeness (QED) is 0.910. The minimum absolute atomic E-state index is 0.0708. The molecule has 1 aromatic rings. The van der Waals surface area contributed by atoms with Gasteiger partial charge < -0.3 is 15.1 Å². The van der Waals surface area contributed by atoms with E-state index in [4.69, 9.17) is 0 Å². The van der Waals surface area contributed by atoms with Crippen LogP contribution in [0, 0.1) is 11.8 Å². The van der Waals surface area contributed by atoms with Gasteiger partial charge in [-0.05, 0) is 76.4 Å². The molecular weight excluding hydrogens is 310 g/mol. The number of likely N-dealkylation sites (tertiary alicyclic amines) is 1.